The van der Waals surface area contributed by atoms with Gasteiger partial charge in [0.05, 0.1) is 0 Å². The van der Waals surface area contributed by atoms with E-state index in [4.69, 9.17) is 5.73 Å². The summed E-state index contributed by atoms with van der Waals surface area (Å²) in [4.78, 5) is 4.19. The van der Waals surface area contributed by atoms with Crippen molar-refractivity contribution in [1.82, 2.24) is 4.98 Å². The van der Waals surface area contributed by atoms with Gasteiger partial charge in [-0.25, -0.2) is 4.98 Å². The van der Waals surface area contributed by atoms with Crippen LogP contribution < -0.4 is 5.73 Å². The minimum absolute atomic E-state index is 0.588. The first-order chi connectivity index (χ1) is 6.74. The van der Waals surface area contributed by atoms with Gasteiger partial charge in [-0.1, -0.05) is 35.0 Å². The van der Waals surface area contributed by atoms with Crippen molar-refractivity contribution in [3.8, 4) is 0 Å². The first-order valence-corrected chi connectivity index (χ1v) is 5.35. The molecule has 2 aromatic rings. The van der Waals surface area contributed by atoms with E-state index in [0.29, 0.717) is 5.82 Å². The molecule has 0 aliphatic heterocycles. The Kier molecular flexibility index (Phi) is 2.42. The maximum Gasteiger partial charge on any atom is 0.132 e. The van der Waals surface area contributed by atoms with E-state index in [2.05, 4.69) is 33.9 Å². The van der Waals surface area contributed by atoms with Crippen LogP contribution in [0.25, 0.3) is 10.8 Å². The van der Waals surface area contributed by atoms with Crippen molar-refractivity contribution in [3.05, 3.63) is 34.4 Å². The van der Waals surface area contributed by atoms with E-state index in [1.807, 2.05) is 18.3 Å². The number of hydrogen-bond acceptors (Lipinski definition) is 2. The number of anilines is 1. The Morgan fingerprint density at radius 2 is 2.21 bits per heavy atom. The number of fused-ring (bicyclic) bond motifs is 1. The van der Waals surface area contributed by atoms with Crippen LogP contribution in [-0.4, -0.2) is 4.98 Å². The van der Waals surface area contributed by atoms with Crippen LogP contribution in [0, 0.1) is 0 Å². The van der Waals surface area contributed by atoms with Gasteiger partial charge in [-0.15, -0.1) is 0 Å². The number of halogens is 1. The van der Waals surface area contributed by atoms with Gasteiger partial charge >= 0.3 is 0 Å². The predicted molar refractivity (Wildman–Crippen MR) is 63.2 cm³/mol. The summed E-state index contributed by atoms with van der Waals surface area (Å²) in [5.41, 5.74) is 7.07. The van der Waals surface area contributed by atoms with Crippen LogP contribution in [0.15, 0.2) is 28.9 Å². The smallest absolute Gasteiger partial charge is 0.132 e. The molecule has 0 unspecified atom stereocenters. The fourth-order valence-corrected chi connectivity index (χ4v) is 2.18. The molecule has 3 heteroatoms. The molecule has 0 amide bonds. The van der Waals surface area contributed by atoms with Crippen molar-refractivity contribution in [2.75, 3.05) is 5.73 Å². The number of nitrogens with zero attached hydrogens (tertiary/aromatic N) is 1. The van der Waals surface area contributed by atoms with Crippen molar-refractivity contribution in [1.29, 1.82) is 0 Å². The van der Waals surface area contributed by atoms with Crippen LogP contribution in [0.3, 0.4) is 0 Å². The van der Waals surface area contributed by atoms with Gasteiger partial charge in [0.2, 0.25) is 0 Å². The first-order valence-electron chi connectivity index (χ1n) is 4.55. The zero-order valence-electron chi connectivity index (χ0n) is 7.92. The number of benzene rings is 1. The summed E-state index contributed by atoms with van der Waals surface area (Å²) in [7, 11) is 0. The number of nitrogens with two attached hydrogens (primary N) is 1. The number of hydrogen-bond donors (Lipinski definition) is 1. The Morgan fingerprint density at radius 3 is 2.93 bits per heavy atom. The summed E-state index contributed by atoms with van der Waals surface area (Å²) >= 11 is 3.49. The molecule has 72 valence electrons. The van der Waals surface area contributed by atoms with E-state index in [9.17, 15) is 0 Å². The molecule has 0 atom stereocenters. The first kappa shape index (κ1) is 9.46. The maximum atomic E-state index is 5.84. The van der Waals surface area contributed by atoms with Crippen LogP contribution in [-0.2, 0) is 6.42 Å². The Morgan fingerprint density at radius 1 is 1.43 bits per heavy atom. The molecule has 2 nitrogen and oxygen atoms in total. The quantitative estimate of drug-likeness (QED) is 0.845. The van der Waals surface area contributed by atoms with E-state index in [-0.39, 0.29) is 0 Å². The molecule has 0 spiro atoms. The molecular formula is C11H11BrN2. The molecule has 0 radical (unpaired) electrons. The normalized spacial score (nSPS) is 10.7. The van der Waals surface area contributed by atoms with Crippen molar-refractivity contribution in [3.63, 3.8) is 0 Å². The summed E-state index contributed by atoms with van der Waals surface area (Å²) in [6, 6.07) is 6.09. The predicted octanol–water partition coefficient (Wildman–Crippen LogP) is 3.14. The van der Waals surface area contributed by atoms with Crippen LogP contribution >= 0.6 is 15.9 Å². The summed E-state index contributed by atoms with van der Waals surface area (Å²) in [5, 5.41) is 2.21. The third-order valence-corrected chi connectivity index (χ3v) is 3.02. The van der Waals surface area contributed by atoms with E-state index in [1.54, 1.807) is 0 Å². The Bertz CT molecular complexity index is 472. The third-order valence-electron chi connectivity index (χ3n) is 2.36. The van der Waals surface area contributed by atoms with Gasteiger partial charge in [0.15, 0.2) is 0 Å². The van der Waals surface area contributed by atoms with Crippen molar-refractivity contribution >= 4 is 32.5 Å². The highest BCUT2D eigenvalue weighted by Gasteiger charge is 2.06. The topological polar surface area (TPSA) is 38.9 Å². The van der Waals surface area contributed by atoms with Crippen molar-refractivity contribution < 1.29 is 0 Å². The minimum atomic E-state index is 0.588. The molecular weight excluding hydrogens is 240 g/mol. The molecule has 0 saturated heterocycles. The zero-order valence-corrected chi connectivity index (χ0v) is 9.51. The molecule has 0 aliphatic carbocycles. The fraction of sp³-hybridized carbons (Fsp3) is 0.182. The van der Waals surface area contributed by atoms with Gasteiger partial charge in [-0.2, -0.15) is 0 Å². The highest BCUT2D eigenvalue weighted by Crippen LogP contribution is 2.29. The van der Waals surface area contributed by atoms with Gasteiger partial charge in [0, 0.05) is 16.1 Å². The van der Waals surface area contributed by atoms with Gasteiger partial charge in [0.25, 0.3) is 0 Å². The monoisotopic (exact) mass is 250 g/mol. The number of aryl methyl sites for hydroxylation is 1. The molecule has 14 heavy (non-hydrogen) atoms. The van der Waals surface area contributed by atoms with Crippen LogP contribution in [0.1, 0.15) is 12.5 Å². The lowest BCUT2D eigenvalue weighted by atomic mass is 10.1. The number of aromatic nitrogens is 1. The van der Waals surface area contributed by atoms with Crippen molar-refractivity contribution in [2.24, 2.45) is 0 Å². The van der Waals surface area contributed by atoms with Gasteiger partial charge in [0.1, 0.15) is 5.82 Å². The fourth-order valence-electron chi connectivity index (χ4n) is 1.62. The van der Waals surface area contributed by atoms with E-state index < -0.39 is 0 Å². The van der Waals surface area contributed by atoms with Crippen LogP contribution in [0.5, 0.6) is 0 Å². The molecule has 0 fully saturated rings. The molecule has 0 aliphatic rings. The largest absolute Gasteiger partial charge is 0.383 e. The van der Waals surface area contributed by atoms with Crippen LogP contribution in [0.2, 0.25) is 0 Å². The molecule has 0 saturated carbocycles. The van der Waals surface area contributed by atoms with Crippen LogP contribution in [0.4, 0.5) is 5.82 Å². The summed E-state index contributed by atoms with van der Waals surface area (Å²) in [6.07, 6.45) is 2.82. The molecule has 1 aromatic heterocycles. The maximum absolute atomic E-state index is 5.84. The lowest BCUT2D eigenvalue weighted by molar-refractivity contribution is 1.13. The Hall–Kier alpha value is -1.09. The standard InChI is InChI=1S/C11H11BrN2/c1-2-7-6-14-11(13)10-8(7)4-3-5-9(10)12/h3-6H,2H2,1H3,(H2,13,14). The van der Waals surface area contributed by atoms with E-state index in [0.717, 1.165) is 16.3 Å². The molecule has 1 aromatic carbocycles. The second-order valence-electron chi connectivity index (χ2n) is 3.18. The zero-order chi connectivity index (χ0) is 10.1. The number of rotatable bonds is 1. The second kappa shape index (κ2) is 3.58. The lowest BCUT2D eigenvalue weighted by Gasteiger charge is -2.07. The highest BCUT2D eigenvalue weighted by molar-refractivity contribution is 9.10. The average molecular weight is 251 g/mol. The second-order valence-corrected chi connectivity index (χ2v) is 4.04. The lowest BCUT2D eigenvalue weighted by Crippen LogP contribution is -1.95. The van der Waals surface area contributed by atoms with Crippen molar-refractivity contribution in [2.45, 2.75) is 13.3 Å². The molecule has 0 bridgehead atoms. The minimum Gasteiger partial charge on any atom is -0.383 e. The van der Waals surface area contributed by atoms with E-state index in [1.165, 1.54) is 10.9 Å². The Labute approximate surface area is 91.3 Å². The van der Waals surface area contributed by atoms with E-state index >= 15 is 0 Å². The SMILES string of the molecule is CCc1cnc(N)c2c(Br)cccc12. The number of pyridine rings is 1. The summed E-state index contributed by atoms with van der Waals surface area (Å²) in [5.74, 6) is 0.588. The molecule has 2 rings (SSSR count). The van der Waals surface area contributed by atoms with Gasteiger partial charge in [-0.3, -0.25) is 0 Å². The molecule has 2 N–H and O–H groups in total. The summed E-state index contributed by atoms with van der Waals surface area (Å²) in [6.45, 7) is 2.12. The average Bonchev–Trinajstić information content (AvgIpc) is 2.18. The number of nitrogen functional groups attached to an aromatic ring is 1. The summed E-state index contributed by atoms with van der Waals surface area (Å²) < 4.78 is 1.01. The molecule has 1 heterocycles. The van der Waals surface area contributed by atoms with Gasteiger partial charge in [-0.05, 0) is 23.4 Å². The third kappa shape index (κ3) is 1.38. The van der Waals surface area contributed by atoms with Gasteiger partial charge < -0.3 is 5.73 Å². The Balaban J connectivity index is 2.91. The highest BCUT2D eigenvalue weighted by atomic mass is 79.9.